The van der Waals surface area contributed by atoms with E-state index in [1.807, 2.05) is 0 Å². The van der Waals surface area contributed by atoms with E-state index in [1.54, 1.807) is 4.57 Å². The summed E-state index contributed by atoms with van der Waals surface area (Å²) in [6.07, 6.45) is 3.09. The second-order valence-corrected chi connectivity index (χ2v) is 4.53. The molecule has 1 aromatic heterocycles. The van der Waals surface area contributed by atoms with Gasteiger partial charge in [0.2, 0.25) is 0 Å². The first-order chi connectivity index (χ1) is 7.68. The van der Waals surface area contributed by atoms with Gasteiger partial charge in [0, 0.05) is 6.04 Å². The fraction of sp³-hybridized carbons (Fsp3) is 0.364. The van der Waals surface area contributed by atoms with Crippen molar-refractivity contribution in [3.63, 3.8) is 0 Å². The largest absolute Gasteiger partial charge is 0.330 e. The lowest BCUT2D eigenvalue weighted by Gasteiger charge is -2.27. The van der Waals surface area contributed by atoms with Gasteiger partial charge in [0.05, 0.1) is 5.52 Å². The number of aromatic amines is 1. The monoisotopic (exact) mass is 240 g/mol. The van der Waals surface area contributed by atoms with Gasteiger partial charge in [-0.1, -0.05) is 0 Å². The molecule has 1 aromatic carbocycles. The van der Waals surface area contributed by atoms with Gasteiger partial charge < -0.3 is 9.55 Å². The molecule has 0 unspecified atom stereocenters. The zero-order valence-electron chi connectivity index (χ0n) is 8.46. The van der Waals surface area contributed by atoms with E-state index >= 15 is 0 Å². The SMILES string of the molecule is Fc1ccc2[nH]c(=S)n(C3CCC3)c2c1F. The van der Waals surface area contributed by atoms with Crippen molar-refractivity contribution in [1.82, 2.24) is 9.55 Å². The summed E-state index contributed by atoms with van der Waals surface area (Å²) in [5, 5.41) is 0. The van der Waals surface area contributed by atoms with Crippen molar-refractivity contribution in [2.45, 2.75) is 25.3 Å². The van der Waals surface area contributed by atoms with Gasteiger partial charge in [-0.2, -0.15) is 0 Å². The second-order valence-electron chi connectivity index (χ2n) is 4.14. The van der Waals surface area contributed by atoms with Gasteiger partial charge in [0.1, 0.15) is 5.52 Å². The molecule has 1 aliphatic rings. The minimum Gasteiger partial charge on any atom is -0.330 e. The molecule has 2 nitrogen and oxygen atoms in total. The summed E-state index contributed by atoms with van der Waals surface area (Å²) in [5.41, 5.74) is 0.838. The maximum absolute atomic E-state index is 13.7. The van der Waals surface area contributed by atoms with E-state index in [-0.39, 0.29) is 11.6 Å². The Labute approximate surface area is 95.9 Å². The van der Waals surface area contributed by atoms with Crippen LogP contribution in [0.1, 0.15) is 25.3 Å². The fourth-order valence-corrected chi connectivity index (χ4v) is 2.50. The van der Waals surface area contributed by atoms with Crippen LogP contribution in [0.3, 0.4) is 0 Å². The van der Waals surface area contributed by atoms with Crippen LogP contribution < -0.4 is 0 Å². The lowest BCUT2D eigenvalue weighted by atomic mass is 9.93. The molecule has 0 bridgehead atoms. The first-order valence-corrected chi connectivity index (χ1v) is 5.67. The van der Waals surface area contributed by atoms with Crippen molar-refractivity contribution < 1.29 is 8.78 Å². The van der Waals surface area contributed by atoms with E-state index in [0.717, 1.165) is 25.3 Å². The Kier molecular flexibility index (Phi) is 2.10. The molecule has 16 heavy (non-hydrogen) atoms. The van der Waals surface area contributed by atoms with Crippen LogP contribution in [0.4, 0.5) is 8.78 Å². The predicted octanol–water partition coefficient (Wildman–Crippen LogP) is 3.70. The Morgan fingerprint density at radius 1 is 1.31 bits per heavy atom. The third-order valence-corrected chi connectivity index (χ3v) is 3.51. The Morgan fingerprint density at radius 3 is 2.69 bits per heavy atom. The average molecular weight is 240 g/mol. The van der Waals surface area contributed by atoms with Crippen molar-refractivity contribution in [2.24, 2.45) is 0 Å². The number of halogens is 2. The molecule has 1 saturated carbocycles. The number of hydrogen-bond donors (Lipinski definition) is 1. The van der Waals surface area contributed by atoms with Crippen LogP contribution in [0.15, 0.2) is 12.1 Å². The van der Waals surface area contributed by atoms with Gasteiger partial charge in [-0.15, -0.1) is 0 Å². The quantitative estimate of drug-likeness (QED) is 0.754. The molecule has 2 aromatic rings. The van der Waals surface area contributed by atoms with Crippen LogP contribution in [-0.2, 0) is 0 Å². The molecule has 0 aliphatic heterocycles. The molecule has 5 heteroatoms. The molecule has 0 atom stereocenters. The number of nitrogens with zero attached hydrogens (tertiary/aromatic N) is 1. The average Bonchev–Trinajstić information content (AvgIpc) is 2.49. The summed E-state index contributed by atoms with van der Waals surface area (Å²) in [5.74, 6) is -1.63. The summed E-state index contributed by atoms with van der Waals surface area (Å²) >= 11 is 5.15. The molecule has 1 heterocycles. The fourth-order valence-electron chi connectivity index (χ4n) is 2.15. The van der Waals surface area contributed by atoms with Gasteiger partial charge in [0.15, 0.2) is 16.4 Å². The number of imidazole rings is 1. The number of hydrogen-bond acceptors (Lipinski definition) is 1. The highest BCUT2D eigenvalue weighted by molar-refractivity contribution is 7.71. The Hall–Kier alpha value is -1.23. The molecule has 0 saturated heterocycles. The van der Waals surface area contributed by atoms with E-state index in [9.17, 15) is 8.78 Å². The van der Waals surface area contributed by atoms with Crippen LogP contribution in [0, 0.1) is 16.4 Å². The number of benzene rings is 1. The van der Waals surface area contributed by atoms with Crippen LogP contribution in [0.2, 0.25) is 0 Å². The molecule has 1 aliphatic carbocycles. The number of nitrogens with one attached hydrogen (secondary N) is 1. The standard InChI is InChI=1S/C11H10F2N2S/c12-7-4-5-8-10(9(7)13)15(11(16)14-8)6-2-1-3-6/h4-6H,1-3H2,(H,14,16). The van der Waals surface area contributed by atoms with Gasteiger partial charge >= 0.3 is 0 Å². The molecule has 0 spiro atoms. The minimum absolute atomic E-state index is 0.220. The lowest BCUT2D eigenvalue weighted by Crippen LogP contribution is -2.17. The van der Waals surface area contributed by atoms with Gasteiger partial charge in [0.25, 0.3) is 0 Å². The minimum atomic E-state index is -0.824. The maximum Gasteiger partial charge on any atom is 0.184 e. The van der Waals surface area contributed by atoms with Crippen LogP contribution in [-0.4, -0.2) is 9.55 Å². The molecular formula is C11H10F2N2S. The van der Waals surface area contributed by atoms with Crippen LogP contribution >= 0.6 is 12.2 Å². The highest BCUT2D eigenvalue weighted by Crippen LogP contribution is 2.35. The van der Waals surface area contributed by atoms with Crippen LogP contribution in [0.25, 0.3) is 11.0 Å². The van der Waals surface area contributed by atoms with E-state index in [4.69, 9.17) is 12.2 Å². The maximum atomic E-state index is 13.7. The van der Waals surface area contributed by atoms with Crippen molar-refractivity contribution in [3.8, 4) is 0 Å². The van der Waals surface area contributed by atoms with Crippen molar-refractivity contribution in [1.29, 1.82) is 0 Å². The van der Waals surface area contributed by atoms with Gasteiger partial charge in [-0.25, -0.2) is 8.78 Å². The number of H-pyrrole nitrogens is 1. The normalized spacial score (nSPS) is 16.6. The number of fused-ring (bicyclic) bond motifs is 1. The third-order valence-electron chi connectivity index (χ3n) is 3.21. The van der Waals surface area contributed by atoms with Crippen molar-refractivity contribution >= 4 is 23.3 Å². The van der Waals surface area contributed by atoms with E-state index < -0.39 is 11.6 Å². The van der Waals surface area contributed by atoms with Crippen molar-refractivity contribution in [3.05, 3.63) is 28.5 Å². The summed E-state index contributed by atoms with van der Waals surface area (Å²) in [6, 6.07) is 2.87. The molecule has 1 N–H and O–H groups in total. The Bertz CT molecular complexity index is 610. The Balaban J connectivity index is 2.37. The second kappa shape index (κ2) is 3.38. The number of rotatable bonds is 1. The zero-order chi connectivity index (χ0) is 11.3. The highest BCUT2D eigenvalue weighted by atomic mass is 32.1. The molecule has 0 radical (unpaired) electrons. The summed E-state index contributed by atoms with van der Waals surface area (Å²) in [4.78, 5) is 2.92. The zero-order valence-corrected chi connectivity index (χ0v) is 9.28. The summed E-state index contributed by atoms with van der Waals surface area (Å²) < 4.78 is 29.1. The molecular weight excluding hydrogens is 230 g/mol. The van der Waals surface area contributed by atoms with Crippen molar-refractivity contribution in [2.75, 3.05) is 0 Å². The third kappa shape index (κ3) is 1.24. The molecule has 3 rings (SSSR count). The molecule has 1 fully saturated rings. The number of aromatic nitrogens is 2. The van der Waals surface area contributed by atoms with Gasteiger partial charge in [-0.3, -0.25) is 0 Å². The van der Waals surface area contributed by atoms with E-state index in [2.05, 4.69) is 4.98 Å². The summed E-state index contributed by atoms with van der Waals surface area (Å²) in [7, 11) is 0. The molecule has 84 valence electrons. The van der Waals surface area contributed by atoms with Gasteiger partial charge in [-0.05, 0) is 43.6 Å². The lowest BCUT2D eigenvalue weighted by molar-refractivity contribution is 0.315. The van der Waals surface area contributed by atoms with Crippen LogP contribution in [0.5, 0.6) is 0 Å². The summed E-state index contributed by atoms with van der Waals surface area (Å²) in [6.45, 7) is 0. The van der Waals surface area contributed by atoms with E-state index in [1.165, 1.54) is 6.07 Å². The van der Waals surface area contributed by atoms with E-state index in [0.29, 0.717) is 10.3 Å². The molecule has 0 amide bonds. The predicted molar refractivity (Wildman–Crippen MR) is 59.9 cm³/mol. The topological polar surface area (TPSA) is 20.7 Å². The highest BCUT2D eigenvalue weighted by Gasteiger charge is 2.24. The Morgan fingerprint density at radius 2 is 2.06 bits per heavy atom. The first-order valence-electron chi connectivity index (χ1n) is 5.26. The first kappa shape index (κ1) is 9.96. The smallest absolute Gasteiger partial charge is 0.184 e.